The van der Waals surface area contributed by atoms with Crippen LogP contribution in [0.25, 0.3) is 5.57 Å². The van der Waals surface area contributed by atoms with Crippen molar-refractivity contribution in [3.05, 3.63) is 59.3 Å². The van der Waals surface area contributed by atoms with Gasteiger partial charge >= 0.3 is 0 Å². The van der Waals surface area contributed by atoms with Crippen LogP contribution in [0.15, 0.2) is 36.4 Å². The van der Waals surface area contributed by atoms with Crippen LogP contribution >= 0.6 is 0 Å². The first-order chi connectivity index (χ1) is 15.5. The molecule has 5 rings (SSSR count). The molecule has 0 saturated carbocycles. The lowest BCUT2D eigenvalue weighted by atomic mass is 9.99. The predicted molar refractivity (Wildman–Crippen MR) is 117 cm³/mol. The van der Waals surface area contributed by atoms with Gasteiger partial charge in [-0.25, -0.2) is 14.4 Å². The molecule has 2 amide bonds. The van der Waals surface area contributed by atoms with Gasteiger partial charge in [-0.2, -0.15) is 0 Å². The number of anilines is 1. The summed E-state index contributed by atoms with van der Waals surface area (Å²) in [5, 5.41) is 5.89. The van der Waals surface area contributed by atoms with Crippen LogP contribution in [0.2, 0.25) is 0 Å². The third-order valence-corrected chi connectivity index (χ3v) is 6.45. The minimum absolute atomic E-state index is 0.0860. The Bertz CT molecular complexity index is 1090. The van der Waals surface area contributed by atoms with E-state index in [4.69, 9.17) is 5.73 Å². The van der Waals surface area contributed by atoms with E-state index >= 15 is 0 Å². The van der Waals surface area contributed by atoms with Crippen molar-refractivity contribution in [2.45, 2.75) is 50.4 Å². The molecule has 3 aliphatic rings. The molecular formula is C23H25FN6O2. The molecule has 4 heterocycles. The minimum atomic E-state index is -0.634. The minimum Gasteiger partial charge on any atom is -0.364 e. The summed E-state index contributed by atoms with van der Waals surface area (Å²) in [5.74, 6) is -0.0565. The smallest absolute Gasteiger partial charge is 0.267 e. The molecule has 166 valence electrons. The summed E-state index contributed by atoms with van der Waals surface area (Å²) in [6.07, 6.45) is 5.64. The number of fused-ring (bicyclic) bond motifs is 2. The van der Waals surface area contributed by atoms with Crippen molar-refractivity contribution in [2.24, 2.45) is 5.73 Å². The summed E-state index contributed by atoms with van der Waals surface area (Å²) >= 11 is 0. The van der Waals surface area contributed by atoms with Gasteiger partial charge in [-0.05, 0) is 49.0 Å². The van der Waals surface area contributed by atoms with Crippen LogP contribution in [0.4, 0.5) is 10.2 Å². The molecule has 2 bridgehead atoms. The second kappa shape index (κ2) is 8.31. The Kier molecular flexibility index (Phi) is 5.34. The summed E-state index contributed by atoms with van der Waals surface area (Å²) in [5.41, 5.74) is 7.69. The SMILES string of the molecule is NC(=O)c1cc(N[C@H]2CCNC2=O)nc(C2=C[C@H]3CC[C@H](C2)N3Cc2ccc(F)cc2)n1. The molecule has 0 aliphatic carbocycles. The molecule has 32 heavy (non-hydrogen) atoms. The number of halogens is 1. The number of hydrogen-bond donors (Lipinski definition) is 3. The van der Waals surface area contributed by atoms with Gasteiger partial charge in [0.25, 0.3) is 5.91 Å². The zero-order valence-corrected chi connectivity index (χ0v) is 17.6. The molecule has 1 aromatic heterocycles. The molecule has 0 spiro atoms. The number of nitrogens with zero attached hydrogens (tertiary/aromatic N) is 3. The molecule has 9 heteroatoms. The Morgan fingerprint density at radius 2 is 2.03 bits per heavy atom. The Morgan fingerprint density at radius 1 is 1.22 bits per heavy atom. The average molecular weight is 436 g/mol. The van der Waals surface area contributed by atoms with Crippen LogP contribution in [0.1, 0.15) is 47.6 Å². The fourth-order valence-corrected chi connectivity index (χ4v) is 4.83. The van der Waals surface area contributed by atoms with Crippen molar-refractivity contribution in [1.82, 2.24) is 20.2 Å². The van der Waals surface area contributed by atoms with Crippen molar-refractivity contribution >= 4 is 23.2 Å². The lowest BCUT2D eigenvalue weighted by Crippen LogP contribution is -2.38. The Morgan fingerprint density at radius 3 is 2.72 bits per heavy atom. The normalized spacial score (nSPS) is 24.8. The van der Waals surface area contributed by atoms with Crippen molar-refractivity contribution in [3.63, 3.8) is 0 Å². The van der Waals surface area contributed by atoms with E-state index in [1.807, 2.05) is 12.1 Å². The lowest BCUT2D eigenvalue weighted by molar-refractivity contribution is -0.119. The first-order valence-corrected chi connectivity index (χ1v) is 10.9. The number of rotatable bonds is 6. The molecule has 3 atom stereocenters. The topological polar surface area (TPSA) is 113 Å². The predicted octanol–water partition coefficient (Wildman–Crippen LogP) is 1.84. The largest absolute Gasteiger partial charge is 0.364 e. The lowest BCUT2D eigenvalue weighted by Gasteiger charge is -2.33. The monoisotopic (exact) mass is 436 g/mol. The Balaban J connectivity index is 1.40. The molecule has 2 fully saturated rings. The van der Waals surface area contributed by atoms with Crippen LogP contribution in [0.5, 0.6) is 0 Å². The molecular weight excluding hydrogens is 411 g/mol. The van der Waals surface area contributed by atoms with Gasteiger partial charge in [-0.3, -0.25) is 14.5 Å². The molecule has 8 nitrogen and oxygen atoms in total. The fraction of sp³-hybridized carbons (Fsp3) is 0.391. The summed E-state index contributed by atoms with van der Waals surface area (Å²) < 4.78 is 13.2. The third-order valence-electron chi connectivity index (χ3n) is 6.45. The van der Waals surface area contributed by atoms with E-state index in [0.717, 1.165) is 36.9 Å². The van der Waals surface area contributed by atoms with E-state index in [9.17, 15) is 14.0 Å². The highest BCUT2D eigenvalue weighted by Crippen LogP contribution is 2.39. The number of nitrogens with one attached hydrogen (secondary N) is 2. The van der Waals surface area contributed by atoms with Gasteiger partial charge in [-0.1, -0.05) is 18.2 Å². The highest BCUT2D eigenvalue weighted by molar-refractivity contribution is 5.92. The molecule has 0 radical (unpaired) electrons. The second-order valence-corrected chi connectivity index (χ2v) is 8.60. The highest BCUT2D eigenvalue weighted by atomic mass is 19.1. The first-order valence-electron chi connectivity index (χ1n) is 10.9. The van der Waals surface area contributed by atoms with Crippen LogP contribution in [-0.2, 0) is 11.3 Å². The maximum Gasteiger partial charge on any atom is 0.267 e. The first kappa shape index (κ1) is 20.6. The molecule has 3 aliphatic heterocycles. The third kappa shape index (κ3) is 4.08. The van der Waals surface area contributed by atoms with Crippen LogP contribution in [0, 0.1) is 5.82 Å². The zero-order chi connectivity index (χ0) is 22.2. The highest BCUT2D eigenvalue weighted by Gasteiger charge is 2.37. The number of hydrogen-bond acceptors (Lipinski definition) is 6. The zero-order valence-electron chi connectivity index (χ0n) is 17.6. The maximum atomic E-state index is 13.2. The van der Waals surface area contributed by atoms with Crippen molar-refractivity contribution < 1.29 is 14.0 Å². The number of nitrogens with two attached hydrogens (primary N) is 1. The molecule has 2 saturated heterocycles. The van der Waals surface area contributed by atoms with E-state index < -0.39 is 5.91 Å². The number of amides is 2. The van der Waals surface area contributed by atoms with Crippen molar-refractivity contribution in [2.75, 3.05) is 11.9 Å². The van der Waals surface area contributed by atoms with E-state index in [-0.39, 0.29) is 29.5 Å². The standard InChI is InChI=1S/C23H25FN6O2/c24-15-3-1-13(2-4-15)12-30-16-5-6-17(30)10-14(9-16)22-28-19(21(25)31)11-20(29-22)27-18-7-8-26-23(18)32/h1-4,9,11,16-18H,5-8,10,12H2,(H2,25,31)(H,26,32)(H,27,28,29)/t16-,17-,18+/m1/s1. The number of benzene rings is 1. The van der Waals surface area contributed by atoms with Gasteiger partial charge in [0.15, 0.2) is 5.82 Å². The second-order valence-electron chi connectivity index (χ2n) is 8.60. The fourth-order valence-electron chi connectivity index (χ4n) is 4.83. The number of carbonyl (C=O) groups excluding carboxylic acids is 2. The number of carbonyl (C=O) groups is 2. The quantitative estimate of drug-likeness (QED) is 0.637. The van der Waals surface area contributed by atoms with Gasteiger partial charge in [-0.15, -0.1) is 0 Å². The Hall–Kier alpha value is -3.33. The summed E-state index contributed by atoms with van der Waals surface area (Å²) in [6.45, 7) is 1.36. The van der Waals surface area contributed by atoms with E-state index in [1.54, 1.807) is 0 Å². The van der Waals surface area contributed by atoms with Crippen molar-refractivity contribution in [3.8, 4) is 0 Å². The van der Waals surface area contributed by atoms with Gasteiger partial charge < -0.3 is 16.4 Å². The van der Waals surface area contributed by atoms with E-state index in [2.05, 4.69) is 31.6 Å². The van der Waals surface area contributed by atoms with E-state index in [1.165, 1.54) is 18.2 Å². The van der Waals surface area contributed by atoms with Gasteiger partial charge in [0.1, 0.15) is 23.4 Å². The summed E-state index contributed by atoms with van der Waals surface area (Å²) in [6, 6.07) is 8.29. The number of aromatic nitrogens is 2. The van der Waals surface area contributed by atoms with Crippen LogP contribution in [0.3, 0.4) is 0 Å². The van der Waals surface area contributed by atoms with Gasteiger partial charge in [0.2, 0.25) is 5.91 Å². The Labute approximate surface area is 185 Å². The summed E-state index contributed by atoms with van der Waals surface area (Å²) in [7, 11) is 0. The van der Waals surface area contributed by atoms with Crippen LogP contribution < -0.4 is 16.4 Å². The van der Waals surface area contributed by atoms with Gasteiger partial charge in [0, 0.05) is 31.2 Å². The van der Waals surface area contributed by atoms with Crippen molar-refractivity contribution in [1.29, 1.82) is 0 Å². The molecule has 0 unspecified atom stereocenters. The average Bonchev–Trinajstić information content (AvgIpc) is 3.27. The molecule has 4 N–H and O–H groups in total. The maximum absolute atomic E-state index is 13.2. The summed E-state index contributed by atoms with van der Waals surface area (Å²) in [4.78, 5) is 35.3. The van der Waals surface area contributed by atoms with E-state index in [0.29, 0.717) is 30.6 Å². The molecule has 1 aromatic carbocycles. The van der Waals surface area contributed by atoms with Crippen LogP contribution in [-0.4, -0.2) is 51.4 Å². The number of primary amides is 1. The van der Waals surface area contributed by atoms with Gasteiger partial charge in [0.05, 0.1) is 0 Å². The molecule has 2 aromatic rings.